The van der Waals surface area contributed by atoms with Crippen molar-refractivity contribution in [1.82, 2.24) is 15.0 Å². The van der Waals surface area contributed by atoms with Crippen LogP contribution in [0.5, 0.6) is 0 Å². The fourth-order valence-corrected chi connectivity index (χ4v) is 2.84. The first-order valence-electron chi connectivity index (χ1n) is 5.69. The van der Waals surface area contributed by atoms with Crippen molar-refractivity contribution in [3.63, 3.8) is 0 Å². The van der Waals surface area contributed by atoms with E-state index in [-0.39, 0.29) is 5.41 Å². The molecule has 0 aliphatic carbocycles. The van der Waals surface area contributed by atoms with Gasteiger partial charge >= 0.3 is 0 Å². The SMILES string of the molecule is CC(C)(C)c1nc(Br)cc(Sc2ccc(Br)cn2)n1. The summed E-state index contributed by atoms with van der Waals surface area (Å²) in [7, 11) is 0. The molecule has 0 aliphatic rings. The van der Waals surface area contributed by atoms with Crippen LogP contribution in [-0.4, -0.2) is 15.0 Å². The highest BCUT2D eigenvalue weighted by Gasteiger charge is 2.19. The van der Waals surface area contributed by atoms with E-state index in [1.807, 2.05) is 18.2 Å². The molecule has 0 saturated heterocycles. The van der Waals surface area contributed by atoms with Crippen LogP contribution in [0.25, 0.3) is 0 Å². The zero-order valence-corrected chi connectivity index (χ0v) is 14.8. The number of nitrogens with zero attached hydrogens (tertiary/aromatic N) is 3. The highest BCUT2D eigenvalue weighted by Crippen LogP contribution is 2.29. The minimum Gasteiger partial charge on any atom is -0.248 e. The fraction of sp³-hybridized carbons (Fsp3) is 0.308. The van der Waals surface area contributed by atoms with Crippen LogP contribution in [0.3, 0.4) is 0 Å². The molecule has 0 bridgehead atoms. The lowest BCUT2D eigenvalue weighted by Crippen LogP contribution is -2.16. The molecule has 3 nitrogen and oxygen atoms in total. The summed E-state index contributed by atoms with van der Waals surface area (Å²) in [5, 5.41) is 1.80. The second-order valence-corrected chi connectivity index (χ2v) is 7.79. The normalized spacial score (nSPS) is 11.6. The van der Waals surface area contributed by atoms with E-state index in [4.69, 9.17) is 0 Å². The van der Waals surface area contributed by atoms with Gasteiger partial charge < -0.3 is 0 Å². The predicted molar refractivity (Wildman–Crippen MR) is 84.5 cm³/mol. The largest absolute Gasteiger partial charge is 0.248 e. The van der Waals surface area contributed by atoms with Crippen LogP contribution in [0.15, 0.2) is 43.5 Å². The minimum absolute atomic E-state index is 0.0771. The van der Waals surface area contributed by atoms with E-state index >= 15 is 0 Å². The number of halogens is 2. The summed E-state index contributed by atoms with van der Waals surface area (Å²) >= 11 is 8.34. The molecule has 0 atom stereocenters. The molecule has 2 aromatic rings. The Bertz CT molecular complexity index is 579. The number of hydrogen-bond donors (Lipinski definition) is 0. The van der Waals surface area contributed by atoms with Gasteiger partial charge in [0.05, 0.1) is 0 Å². The molecule has 0 fully saturated rings. The van der Waals surface area contributed by atoms with Crippen LogP contribution < -0.4 is 0 Å². The summed E-state index contributed by atoms with van der Waals surface area (Å²) in [4.78, 5) is 13.4. The van der Waals surface area contributed by atoms with E-state index in [9.17, 15) is 0 Å². The molecule has 0 unspecified atom stereocenters. The van der Waals surface area contributed by atoms with Crippen molar-refractivity contribution < 1.29 is 0 Å². The number of hydrogen-bond acceptors (Lipinski definition) is 4. The predicted octanol–water partition coefficient (Wildman–Crippen LogP) is 4.85. The maximum absolute atomic E-state index is 4.59. The fourth-order valence-electron chi connectivity index (χ4n) is 1.31. The van der Waals surface area contributed by atoms with Gasteiger partial charge in [-0.25, -0.2) is 15.0 Å². The van der Waals surface area contributed by atoms with Crippen molar-refractivity contribution in [3.05, 3.63) is 39.3 Å². The van der Waals surface area contributed by atoms with Crippen LogP contribution >= 0.6 is 43.6 Å². The van der Waals surface area contributed by atoms with Gasteiger partial charge in [0.2, 0.25) is 0 Å². The smallest absolute Gasteiger partial charge is 0.136 e. The molecule has 2 heterocycles. The highest BCUT2D eigenvalue weighted by atomic mass is 79.9. The monoisotopic (exact) mass is 401 g/mol. The first-order chi connectivity index (χ1) is 8.84. The van der Waals surface area contributed by atoms with Gasteiger partial charge in [-0.1, -0.05) is 20.8 Å². The van der Waals surface area contributed by atoms with Crippen molar-refractivity contribution in [2.24, 2.45) is 0 Å². The highest BCUT2D eigenvalue weighted by molar-refractivity contribution is 9.10. The summed E-state index contributed by atoms with van der Waals surface area (Å²) < 4.78 is 1.77. The van der Waals surface area contributed by atoms with Crippen LogP contribution in [0, 0.1) is 0 Å². The Labute approximate surface area is 133 Å². The number of rotatable bonds is 2. The Balaban J connectivity index is 2.30. The number of pyridine rings is 1. The summed E-state index contributed by atoms with van der Waals surface area (Å²) in [6.45, 7) is 6.29. The second kappa shape index (κ2) is 5.89. The van der Waals surface area contributed by atoms with Crippen molar-refractivity contribution in [1.29, 1.82) is 0 Å². The standard InChI is InChI=1S/C13H13Br2N3S/c1-13(2,3)12-17-9(15)6-11(18-12)19-10-5-4-8(14)7-16-10/h4-7H,1-3H3. The topological polar surface area (TPSA) is 38.7 Å². The maximum Gasteiger partial charge on any atom is 0.136 e. The maximum atomic E-state index is 4.59. The lowest BCUT2D eigenvalue weighted by Gasteiger charge is -2.17. The van der Waals surface area contributed by atoms with Gasteiger partial charge in [-0.15, -0.1) is 0 Å². The molecule has 0 spiro atoms. The van der Waals surface area contributed by atoms with E-state index in [2.05, 4.69) is 67.6 Å². The lowest BCUT2D eigenvalue weighted by molar-refractivity contribution is 0.536. The van der Waals surface area contributed by atoms with E-state index in [1.54, 1.807) is 6.20 Å². The third-order valence-electron chi connectivity index (χ3n) is 2.25. The molecule has 0 radical (unpaired) electrons. The Morgan fingerprint density at radius 1 is 1.05 bits per heavy atom. The lowest BCUT2D eigenvalue weighted by atomic mass is 9.96. The summed E-state index contributed by atoms with van der Waals surface area (Å²) in [5.41, 5.74) is -0.0771. The molecule has 100 valence electrons. The summed E-state index contributed by atoms with van der Waals surface area (Å²) in [6.07, 6.45) is 1.78. The van der Waals surface area contributed by atoms with Gasteiger partial charge in [0.1, 0.15) is 20.5 Å². The van der Waals surface area contributed by atoms with E-state index in [1.165, 1.54) is 11.8 Å². The van der Waals surface area contributed by atoms with Gasteiger partial charge in [-0.2, -0.15) is 0 Å². The number of aromatic nitrogens is 3. The van der Waals surface area contributed by atoms with Gasteiger partial charge in [-0.05, 0) is 55.8 Å². The van der Waals surface area contributed by atoms with Crippen molar-refractivity contribution in [2.45, 2.75) is 36.2 Å². The molecular weight excluding hydrogens is 390 g/mol. The van der Waals surface area contributed by atoms with Crippen molar-refractivity contribution in [3.8, 4) is 0 Å². The molecule has 0 amide bonds. The zero-order chi connectivity index (χ0) is 14.0. The Kier molecular flexibility index (Phi) is 4.63. The molecular formula is C13H13Br2N3S. The molecule has 2 rings (SSSR count). The first-order valence-corrected chi connectivity index (χ1v) is 8.09. The van der Waals surface area contributed by atoms with E-state index in [0.29, 0.717) is 0 Å². The molecule has 0 aliphatic heterocycles. The summed E-state index contributed by atoms with van der Waals surface area (Å²) in [5.74, 6) is 0.821. The second-order valence-electron chi connectivity index (χ2n) is 5.02. The van der Waals surface area contributed by atoms with Crippen LogP contribution in [-0.2, 0) is 5.41 Å². The summed E-state index contributed by atoms with van der Waals surface area (Å²) in [6, 6.07) is 5.83. The average Bonchev–Trinajstić information content (AvgIpc) is 2.30. The van der Waals surface area contributed by atoms with Crippen molar-refractivity contribution in [2.75, 3.05) is 0 Å². The van der Waals surface area contributed by atoms with Gasteiger partial charge in [-0.3, -0.25) is 0 Å². The van der Waals surface area contributed by atoms with Crippen LogP contribution in [0.1, 0.15) is 26.6 Å². The first kappa shape index (κ1) is 14.9. The molecule has 0 N–H and O–H groups in total. The molecule has 19 heavy (non-hydrogen) atoms. The molecule has 6 heteroatoms. The van der Waals surface area contributed by atoms with Gasteiger partial charge in [0, 0.05) is 22.2 Å². The average molecular weight is 403 g/mol. The third-order valence-corrected chi connectivity index (χ3v) is 4.00. The minimum atomic E-state index is -0.0771. The molecule has 0 aromatic carbocycles. The zero-order valence-electron chi connectivity index (χ0n) is 10.8. The van der Waals surface area contributed by atoms with Crippen LogP contribution in [0.4, 0.5) is 0 Å². The Hall–Kier alpha value is -0.460. The molecule has 0 saturated carbocycles. The third kappa shape index (κ3) is 4.26. The quantitative estimate of drug-likeness (QED) is 0.673. The molecule has 2 aromatic heterocycles. The van der Waals surface area contributed by atoms with Gasteiger partial charge in [0.15, 0.2) is 0 Å². The van der Waals surface area contributed by atoms with Gasteiger partial charge in [0.25, 0.3) is 0 Å². The van der Waals surface area contributed by atoms with Crippen LogP contribution in [0.2, 0.25) is 0 Å². The van der Waals surface area contributed by atoms with E-state index < -0.39 is 0 Å². The van der Waals surface area contributed by atoms with Crippen molar-refractivity contribution >= 4 is 43.6 Å². The Morgan fingerprint density at radius 2 is 1.79 bits per heavy atom. The Morgan fingerprint density at radius 3 is 2.37 bits per heavy atom. The van der Waals surface area contributed by atoms with E-state index in [0.717, 1.165) is 25.0 Å².